The number of hydrogen-bond donors (Lipinski definition) is 2. The van der Waals surface area contributed by atoms with Gasteiger partial charge in [0.05, 0.1) is 0 Å². The number of benzene rings is 1. The molecule has 0 radical (unpaired) electrons. The molecule has 1 aliphatic heterocycles. The molecule has 1 saturated heterocycles. The van der Waals surface area contributed by atoms with Crippen LogP contribution in [0.15, 0.2) is 6.07 Å². The highest BCUT2D eigenvalue weighted by Gasteiger charge is 2.25. The van der Waals surface area contributed by atoms with Crippen LogP contribution in [-0.4, -0.2) is 11.7 Å². The Balaban J connectivity index is 2.47. The number of hydrogen-bond acceptors (Lipinski definition) is 2. The highest BCUT2D eigenvalue weighted by molar-refractivity contribution is 5.34. The summed E-state index contributed by atoms with van der Waals surface area (Å²) in [7, 11) is 0. The number of halogens is 3. The van der Waals surface area contributed by atoms with Crippen LogP contribution in [0.2, 0.25) is 0 Å². The normalized spacial score (nSPS) is 20.9. The molecule has 0 aromatic heterocycles. The van der Waals surface area contributed by atoms with Crippen molar-refractivity contribution in [2.75, 3.05) is 6.54 Å². The van der Waals surface area contributed by atoms with Gasteiger partial charge in [0.1, 0.15) is 0 Å². The number of phenolic OH excluding ortho intramolecular Hbond substituents is 1. The molecule has 1 aromatic rings. The molecule has 15 heavy (non-hydrogen) atoms. The van der Waals surface area contributed by atoms with E-state index >= 15 is 0 Å². The standard InChI is InChI=1S/C10H10F3NO/c11-6-4-5(7-2-1-3-14-7)8(12)10(15)9(6)13/h4,7,14-15H,1-3H2/t7-/m0/s1. The van der Waals surface area contributed by atoms with Crippen LogP contribution in [0, 0.1) is 17.5 Å². The molecule has 0 spiro atoms. The molecule has 1 aliphatic rings. The summed E-state index contributed by atoms with van der Waals surface area (Å²) >= 11 is 0. The largest absolute Gasteiger partial charge is 0.503 e. The highest BCUT2D eigenvalue weighted by Crippen LogP contribution is 2.32. The van der Waals surface area contributed by atoms with Crippen molar-refractivity contribution < 1.29 is 18.3 Å². The maximum Gasteiger partial charge on any atom is 0.203 e. The minimum atomic E-state index is -1.53. The van der Waals surface area contributed by atoms with Crippen molar-refractivity contribution in [3.8, 4) is 5.75 Å². The molecule has 0 amide bonds. The van der Waals surface area contributed by atoms with Crippen molar-refractivity contribution in [1.29, 1.82) is 0 Å². The van der Waals surface area contributed by atoms with E-state index in [2.05, 4.69) is 5.32 Å². The summed E-state index contributed by atoms with van der Waals surface area (Å²) < 4.78 is 39.1. The monoisotopic (exact) mass is 217 g/mol. The minimum Gasteiger partial charge on any atom is -0.503 e. The molecule has 82 valence electrons. The van der Waals surface area contributed by atoms with Crippen molar-refractivity contribution in [3.05, 3.63) is 29.1 Å². The molecule has 1 aromatic carbocycles. The predicted molar refractivity (Wildman–Crippen MR) is 48.0 cm³/mol. The van der Waals surface area contributed by atoms with E-state index in [9.17, 15) is 13.2 Å². The molecule has 2 nitrogen and oxygen atoms in total. The number of phenols is 1. The van der Waals surface area contributed by atoms with Gasteiger partial charge in [-0.1, -0.05) is 0 Å². The van der Waals surface area contributed by atoms with Gasteiger partial charge in [-0.2, -0.15) is 4.39 Å². The summed E-state index contributed by atoms with van der Waals surface area (Å²) in [6.07, 6.45) is 1.51. The lowest BCUT2D eigenvalue weighted by molar-refractivity contribution is 0.369. The first-order valence-electron chi connectivity index (χ1n) is 4.71. The van der Waals surface area contributed by atoms with E-state index in [1.54, 1.807) is 0 Å². The smallest absolute Gasteiger partial charge is 0.203 e. The van der Waals surface area contributed by atoms with Gasteiger partial charge in [0, 0.05) is 11.6 Å². The number of nitrogens with one attached hydrogen (secondary N) is 1. The maximum absolute atomic E-state index is 13.4. The Labute approximate surface area is 84.7 Å². The van der Waals surface area contributed by atoms with Crippen LogP contribution in [0.3, 0.4) is 0 Å². The van der Waals surface area contributed by atoms with Gasteiger partial charge < -0.3 is 10.4 Å². The molecule has 5 heteroatoms. The minimum absolute atomic E-state index is 0.0103. The third-order valence-electron chi connectivity index (χ3n) is 2.60. The summed E-state index contributed by atoms with van der Waals surface area (Å²) in [5.74, 6) is -5.07. The fourth-order valence-corrected chi connectivity index (χ4v) is 1.81. The SMILES string of the molecule is Oc1c(F)c(F)cc([C@@H]2CCCN2)c1F. The van der Waals surface area contributed by atoms with E-state index in [1.165, 1.54) is 0 Å². The molecule has 1 atom stereocenters. The van der Waals surface area contributed by atoms with Gasteiger partial charge in [0.25, 0.3) is 0 Å². The van der Waals surface area contributed by atoms with Crippen molar-refractivity contribution in [2.24, 2.45) is 0 Å². The molecular weight excluding hydrogens is 207 g/mol. The number of rotatable bonds is 1. The summed E-state index contributed by atoms with van der Waals surface area (Å²) in [6.45, 7) is 0.712. The molecule has 0 saturated carbocycles. The maximum atomic E-state index is 13.4. The Bertz CT molecular complexity index is 389. The Hall–Kier alpha value is -1.23. The van der Waals surface area contributed by atoms with Crippen LogP contribution >= 0.6 is 0 Å². The summed E-state index contributed by atoms with van der Waals surface area (Å²) in [6, 6.07) is 0.457. The van der Waals surface area contributed by atoms with E-state index in [4.69, 9.17) is 5.11 Å². The van der Waals surface area contributed by atoms with E-state index in [-0.39, 0.29) is 11.6 Å². The van der Waals surface area contributed by atoms with E-state index in [0.717, 1.165) is 12.5 Å². The lowest BCUT2D eigenvalue weighted by atomic mass is 10.0. The molecule has 0 unspecified atom stereocenters. The topological polar surface area (TPSA) is 32.3 Å². The first-order valence-corrected chi connectivity index (χ1v) is 4.71. The van der Waals surface area contributed by atoms with Crippen LogP contribution in [0.25, 0.3) is 0 Å². The molecule has 1 fully saturated rings. The zero-order valence-electron chi connectivity index (χ0n) is 7.86. The van der Waals surface area contributed by atoms with Crippen LogP contribution < -0.4 is 5.32 Å². The van der Waals surface area contributed by atoms with Crippen LogP contribution in [0.1, 0.15) is 24.4 Å². The fourth-order valence-electron chi connectivity index (χ4n) is 1.81. The molecule has 0 bridgehead atoms. The van der Waals surface area contributed by atoms with Crippen LogP contribution in [-0.2, 0) is 0 Å². The van der Waals surface area contributed by atoms with E-state index < -0.39 is 23.2 Å². The fraction of sp³-hybridized carbons (Fsp3) is 0.400. The molecular formula is C10H10F3NO. The third-order valence-corrected chi connectivity index (χ3v) is 2.60. The van der Waals surface area contributed by atoms with Crippen molar-refractivity contribution in [3.63, 3.8) is 0 Å². The quantitative estimate of drug-likeness (QED) is 0.707. The van der Waals surface area contributed by atoms with Gasteiger partial charge in [0.15, 0.2) is 17.4 Å². The summed E-state index contributed by atoms with van der Waals surface area (Å²) in [5, 5.41) is 12.0. The zero-order valence-corrected chi connectivity index (χ0v) is 7.86. The average molecular weight is 217 g/mol. The Morgan fingerprint density at radius 2 is 2.00 bits per heavy atom. The van der Waals surface area contributed by atoms with Gasteiger partial charge in [-0.25, -0.2) is 8.78 Å². The van der Waals surface area contributed by atoms with Gasteiger partial charge >= 0.3 is 0 Å². The zero-order chi connectivity index (χ0) is 11.0. The van der Waals surface area contributed by atoms with Crippen LogP contribution in [0.4, 0.5) is 13.2 Å². The average Bonchev–Trinajstić information content (AvgIpc) is 2.73. The Morgan fingerprint density at radius 1 is 1.27 bits per heavy atom. The van der Waals surface area contributed by atoms with Gasteiger partial charge in [-0.15, -0.1) is 0 Å². The first kappa shape index (κ1) is 10.3. The van der Waals surface area contributed by atoms with Crippen LogP contribution in [0.5, 0.6) is 5.75 Å². The second-order valence-electron chi connectivity index (χ2n) is 3.57. The summed E-state index contributed by atoms with van der Waals surface area (Å²) in [4.78, 5) is 0. The van der Waals surface area contributed by atoms with Gasteiger partial charge in [-0.3, -0.25) is 0 Å². The van der Waals surface area contributed by atoms with E-state index in [0.29, 0.717) is 13.0 Å². The first-order chi connectivity index (χ1) is 7.11. The molecule has 2 N–H and O–H groups in total. The second-order valence-corrected chi connectivity index (χ2v) is 3.57. The predicted octanol–water partition coefficient (Wildman–Crippen LogP) is 2.23. The van der Waals surface area contributed by atoms with Crippen molar-refractivity contribution in [1.82, 2.24) is 5.32 Å². The van der Waals surface area contributed by atoms with Gasteiger partial charge in [0.2, 0.25) is 5.82 Å². The second kappa shape index (κ2) is 3.73. The lowest BCUT2D eigenvalue weighted by Crippen LogP contribution is -2.15. The Kier molecular flexibility index (Phi) is 2.56. The Morgan fingerprint density at radius 3 is 2.60 bits per heavy atom. The third kappa shape index (κ3) is 1.67. The highest BCUT2D eigenvalue weighted by atomic mass is 19.2. The van der Waals surface area contributed by atoms with E-state index in [1.807, 2.05) is 0 Å². The molecule has 1 heterocycles. The van der Waals surface area contributed by atoms with Crippen molar-refractivity contribution >= 4 is 0 Å². The lowest BCUT2D eigenvalue weighted by Gasteiger charge is -2.13. The summed E-state index contributed by atoms with van der Waals surface area (Å²) in [5.41, 5.74) is -0.0103. The molecule has 0 aliphatic carbocycles. The number of aromatic hydroxyl groups is 1. The van der Waals surface area contributed by atoms with Crippen molar-refractivity contribution in [2.45, 2.75) is 18.9 Å². The van der Waals surface area contributed by atoms with Gasteiger partial charge in [-0.05, 0) is 25.5 Å². The molecule has 2 rings (SSSR count).